The highest BCUT2D eigenvalue weighted by molar-refractivity contribution is 6.30. The quantitative estimate of drug-likeness (QED) is 0.630. The molecule has 0 radical (unpaired) electrons. The number of esters is 1. The summed E-state index contributed by atoms with van der Waals surface area (Å²) in [6, 6.07) is 12.5. The molecule has 1 fully saturated rings. The lowest BCUT2D eigenvalue weighted by molar-refractivity contribution is -0.139. The lowest BCUT2D eigenvalue weighted by Crippen LogP contribution is -2.51. The third kappa shape index (κ3) is 5.46. The minimum atomic E-state index is -0.660. The molecule has 2 aliphatic rings. The molecule has 0 aromatic heterocycles. The van der Waals surface area contributed by atoms with Crippen molar-refractivity contribution in [3.8, 4) is 0 Å². The molecule has 1 atom stereocenters. The molecule has 2 aliphatic heterocycles. The molecule has 2 amide bonds. The highest BCUT2D eigenvalue weighted by atomic mass is 35.5. The van der Waals surface area contributed by atoms with Gasteiger partial charge in [0.2, 0.25) is 0 Å². The summed E-state index contributed by atoms with van der Waals surface area (Å²) < 4.78 is 18.5. The number of hydrogen-bond acceptors (Lipinski definition) is 5. The molecule has 0 saturated carbocycles. The first-order valence-electron chi connectivity index (χ1n) is 10.9. The van der Waals surface area contributed by atoms with Gasteiger partial charge in [-0.2, -0.15) is 0 Å². The predicted molar refractivity (Wildman–Crippen MR) is 125 cm³/mol. The van der Waals surface area contributed by atoms with Gasteiger partial charge in [0, 0.05) is 49.1 Å². The summed E-state index contributed by atoms with van der Waals surface area (Å²) in [5.74, 6) is -0.735. The van der Waals surface area contributed by atoms with Crippen molar-refractivity contribution >= 4 is 29.3 Å². The lowest BCUT2D eigenvalue weighted by atomic mass is 9.95. The Morgan fingerprint density at radius 1 is 1.15 bits per heavy atom. The average Bonchev–Trinajstić information content (AvgIpc) is 2.80. The Hall–Kier alpha value is -3.10. The van der Waals surface area contributed by atoms with Crippen molar-refractivity contribution < 1.29 is 18.7 Å². The van der Waals surface area contributed by atoms with Gasteiger partial charge in [-0.15, -0.1) is 0 Å². The number of ether oxygens (including phenoxy) is 1. The molecule has 1 saturated heterocycles. The van der Waals surface area contributed by atoms with Crippen molar-refractivity contribution in [2.75, 3.05) is 44.2 Å². The van der Waals surface area contributed by atoms with E-state index in [0.29, 0.717) is 28.4 Å². The molecule has 2 heterocycles. The van der Waals surface area contributed by atoms with E-state index in [0.717, 1.165) is 31.9 Å². The van der Waals surface area contributed by atoms with E-state index in [9.17, 15) is 14.0 Å². The first-order valence-corrected chi connectivity index (χ1v) is 11.3. The summed E-state index contributed by atoms with van der Waals surface area (Å²) in [5, 5.41) is 6.16. The predicted octanol–water partition coefficient (Wildman–Crippen LogP) is 3.47. The van der Waals surface area contributed by atoms with Crippen LogP contribution in [0.25, 0.3) is 0 Å². The fourth-order valence-electron chi connectivity index (χ4n) is 4.17. The Labute approximate surface area is 197 Å². The Kier molecular flexibility index (Phi) is 7.15. The number of carbonyl (C=O) groups excluding carboxylic acids is 2. The fourth-order valence-corrected chi connectivity index (χ4v) is 4.37. The number of carbonyl (C=O) groups is 2. The van der Waals surface area contributed by atoms with Crippen LogP contribution in [0.4, 0.5) is 14.9 Å². The van der Waals surface area contributed by atoms with Crippen LogP contribution in [0.15, 0.2) is 59.8 Å². The van der Waals surface area contributed by atoms with Crippen molar-refractivity contribution in [3.63, 3.8) is 0 Å². The molecular weight excluding hydrogens is 447 g/mol. The number of nitrogens with zero attached hydrogens (tertiary/aromatic N) is 2. The molecule has 1 unspecified atom stereocenters. The normalized spacial score (nSPS) is 19.2. The summed E-state index contributed by atoms with van der Waals surface area (Å²) in [6.07, 6.45) is 0. The van der Waals surface area contributed by atoms with Crippen molar-refractivity contribution in [1.82, 2.24) is 15.5 Å². The number of urea groups is 1. The van der Waals surface area contributed by atoms with Gasteiger partial charge >= 0.3 is 12.0 Å². The molecule has 0 aliphatic carbocycles. The summed E-state index contributed by atoms with van der Waals surface area (Å²) in [7, 11) is 0. The fraction of sp³-hybridized carbons (Fsp3) is 0.333. The Balaban J connectivity index is 1.55. The molecular formula is C24H26ClFN4O3. The summed E-state index contributed by atoms with van der Waals surface area (Å²) in [4.78, 5) is 29.8. The number of piperazine rings is 1. The van der Waals surface area contributed by atoms with Crippen LogP contribution in [0.3, 0.4) is 0 Å². The third-order valence-electron chi connectivity index (χ3n) is 5.78. The largest absolute Gasteiger partial charge is 0.463 e. The second kappa shape index (κ2) is 10.2. The van der Waals surface area contributed by atoms with Crippen molar-refractivity contribution in [2.24, 2.45) is 0 Å². The minimum Gasteiger partial charge on any atom is -0.463 e. The smallest absolute Gasteiger partial charge is 0.338 e. The number of anilines is 1. The van der Waals surface area contributed by atoms with E-state index in [1.165, 1.54) is 12.1 Å². The van der Waals surface area contributed by atoms with E-state index < -0.39 is 12.0 Å². The summed E-state index contributed by atoms with van der Waals surface area (Å²) in [5.41, 5.74) is 2.58. The van der Waals surface area contributed by atoms with Crippen molar-refractivity contribution in [1.29, 1.82) is 0 Å². The van der Waals surface area contributed by atoms with Gasteiger partial charge in [0.15, 0.2) is 0 Å². The minimum absolute atomic E-state index is 0.224. The monoisotopic (exact) mass is 472 g/mol. The maximum absolute atomic E-state index is 13.2. The van der Waals surface area contributed by atoms with E-state index in [1.54, 1.807) is 37.3 Å². The maximum Gasteiger partial charge on any atom is 0.338 e. The number of amides is 2. The van der Waals surface area contributed by atoms with Crippen LogP contribution in [0.5, 0.6) is 0 Å². The molecule has 4 rings (SSSR count). The topological polar surface area (TPSA) is 73.9 Å². The number of nitrogens with one attached hydrogen (secondary N) is 2. The van der Waals surface area contributed by atoms with E-state index in [1.807, 2.05) is 6.07 Å². The summed E-state index contributed by atoms with van der Waals surface area (Å²) in [6.45, 7) is 5.31. The van der Waals surface area contributed by atoms with Gasteiger partial charge in [0.25, 0.3) is 0 Å². The van der Waals surface area contributed by atoms with Gasteiger partial charge in [0.05, 0.1) is 18.2 Å². The van der Waals surface area contributed by atoms with Crippen LogP contribution in [-0.2, 0) is 9.53 Å². The van der Waals surface area contributed by atoms with Crippen LogP contribution in [0.2, 0.25) is 5.02 Å². The molecule has 7 nitrogen and oxygen atoms in total. The molecule has 174 valence electrons. The zero-order valence-corrected chi connectivity index (χ0v) is 19.1. The van der Waals surface area contributed by atoms with Gasteiger partial charge < -0.3 is 20.3 Å². The SMILES string of the molecule is CCOC(=O)C1=C(CN2CCN(c3ccc(F)cc3)CC2)NC(=O)NC1c1cccc(Cl)c1. The average molecular weight is 473 g/mol. The molecule has 9 heteroatoms. The zero-order chi connectivity index (χ0) is 23.4. The molecule has 2 aromatic carbocycles. The van der Waals surface area contributed by atoms with E-state index >= 15 is 0 Å². The Morgan fingerprint density at radius 3 is 2.55 bits per heavy atom. The first-order chi connectivity index (χ1) is 15.9. The molecule has 2 N–H and O–H groups in total. The zero-order valence-electron chi connectivity index (χ0n) is 18.3. The highest BCUT2D eigenvalue weighted by Crippen LogP contribution is 2.30. The van der Waals surface area contributed by atoms with Gasteiger partial charge in [-0.25, -0.2) is 14.0 Å². The van der Waals surface area contributed by atoms with Gasteiger partial charge in [-0.1, -0.05) is 23.7 Å². The molecule has 2 aromatic rings. The van der Waals surface area contributed by atoms with Crippen LogP contribution in [-0.4, -0.2) is 56.2 Å². The lowest BCUT2D eigenvalue weighted by Gasteiger charge is -2.38. The van der Waals surface area contributed by atoms with E-state index in [4.69, 9.17) is 16.3 Å². The molecule has 33 heavy (non-hydrogen) atoms. The maximum atomic E-state index is 13.2. The Bertz CT molecular complexity index is 1050. The summed E-state index contributed by atoms with van der Waals surface area (Å²) >= 11 is 6.16. The van der Waals surface area contributed by atoms with Crippen LogP contribution in [0.1, 0.15) is 18.5 Å². The number of halogens is 2. The second-order valence-electron chi connectivity index (χ2n) is 7.94. The highest BCUT2D eigenvalue weighted by Gasteiger charge is 2.34. The van der Waals surface area contributed by atoms with Crippen molar-refractivity contribution in [3.05, 3.63) is 76.2 Å². The van der Waals surface area contributed by atoms with Gasteiger partial charge in [-0.3, -0.25) is 4.90 Å². The van der Waals surface area contributed by atoms with E-state index in [2.05, 4.69) is 20.4 Å². The second-order valence-corrected chi connectivity index (χ2v) is 8.38. The first kappa shape index (κ1) is 23.1. The van der Waals surface area contributed by atoms with Gasteiger partial charge in [-0.05, 0) is 48.9 Å². The number of hydrogen-bond donors (Lipinski definition) is 2. The standard InChI is InChI=1S/C24H26ClFN4O3/c1-2-33-23(31)21-20(27-24(32)28-22(21)16-4-3-5-17(25)14-16)15-29-10-12-30(13-11-29)19-8-6-18(26)7-9-19/h3-9,14,22H,2,10-13,15H2,1H3,(H2,27,28,32). The van der Waals surface area contributed by atoms with E-state index in [-0.39, 0.29) is 18.5 Å². The number of benzene rings is 2. The van der Waals surface area contributed by atoms with Crippen LogP contribution < -0.4 is 15.5 Å². The molecule has 0 spiro atoms. The third-order valence-corrected chi connectivity index (χ3v) is 6.01. The Morgan fingerprint density at radius 2 is 1.88 bits per heavy atom. The molecule has 0 bridgehead atoms. The van der Waals surface area contributed by atoms with Crippen LogP contribution >= 0.6 is 11.6 Å². The number of rotatable bonds is 6. The van der Waals surface area contributed by atoms with Crippen LogP contribution in [0, 0.1) is 5.82 Å². The van der Waals surface area contributed by atoms with Crippen molar-refractivity contribution in [2.45, 2.75) is 13.0 Å². The van der Waals surface area contributed by atoms with Gasteiger partial charge in [0.1, 0.15) is 5.82 Å².